The molecule has 2 heterocycles. The molecule has 222 valence electrons. The summed E-state index contributed by atoms with van der Waals surface area (Å²) in [5, 5.41) is 5.23. The lowest BCUT2D eigenvalue weighted by molar-refractivity contribution is -0.134. The number of carbonyl (C=O) groups excluding carboxylic acids is 3. The van der Waals surface area contributed by atoms with Gasteiger partial charge in [0.2, 0.25) is 21.8 Å². The van der Waals surface area contributed by atoms with Crippen molar-refractivity contribution < 1.29 is 27.5 Å². The maximum absolute atomic E-state index is 13.8. The average Bonchev–Trinajstić information content (AvgIpc) is 3.35. The largest absolute Gasteiger partial charge is 0.491 e. The van der Waals surface area contributed by atoms with Crippen molar-refractivity contribution in [2.24, 2.45) is 0 Å². The zero-order valence-corrected chi connectivity index (χ0v) is 24.6. The Hall–Kier alpha value is -3.96. The van der Waals surface area contributed by atoms with E-state index in [0.717, 1.165) is 22.6 Å². The highest BCUT2D eigenvalue weighted by Crippen LogP contribution is 2.24. The first-order valence-corrected chi connectivity index (χ1v) is 16.0. The number of sulfonamides is 1. The number of amides is 3. The van der Waals surface area contributed by atoms with Crippen molar-refractivity contribution in [3.8, 4) is 5.75 Å². The fourth-order valence-electron chi connectivity index (χ4n) is 5.72. The number of nitrogens with one attached hydrogen (secondary N) is 2. The number of hydrogen-bond acceptors (Lipinski definition) is 6. The molecule has 10 nitrogen and oxygen atoms in total. The minimum Gasteiger partial charge on any atom is -0.491 e. The average molecular weight is 593 g/mol. The maximum atomic E-state index is 13.8. The van der Waals surface area contributed by atoms with E-state index < -0.39 is 22.1 Å². The number of rotatable bonds is 5. The first-order valence-electron chi connectivity index (χ1n) is 14.1. The molecule has 2 aliphatic rings. The number of ether oxygens (including phenoxy) is 1. The molecule has 2 N–H and O–H groups in total. The van der Waals surface area contributed by atoms with E-state index >= 15 is 0 Å². The van der Waals surface area contributed by atoms with Crippen LogP contribution in [0.25, 0.3) is 10.8 Å². The number of carbonyl (C=O) groups is 3. The molecule has 5 rings (SSSR count). The molecule has 0 unspecified atom stereocenters. The van der Waals surface area contributed by atoms with E-state index in [4.69, 9.17) is 4.74 Å². The molecular weight excluding hydrogens is 556 g/mol. The van der Waals surface area contributed by atoms with Gasteiger partial charge in [0.1, 0.15) is 18.4 Å². The van der Waals surface area contributed by atoms with Crippen LogP contribution in [0.3, 0.4) is 0 Å². The minimum absolute atomic E-state index is 0.127. The van der Waals surface area contributed by atoms with Gasteiger partial charge in [0.05, 0.1) is 18.7 Å². The molecule has 0 saturated carbocycles. The van der Waals surface area contributed by atoms with Crippen LogP contribution in [-0.2, 0) is 26.0 Å². The minimum atomic E-state index is -3.69. The number of nitrogens with zero attached hydrogens (tertiary/aromatic N) is 2. The molecular formula is C31H36N4O6S. The van der Waals surface area contributed by atoms with E-state index in [1.165, 1.54) is 0 Å². The second-order valence-electron chi connectivity index (χ2n) is 11.2. The van der Waals surface area contributed by atoms with E-state index in [-0.39, 0.29) is 49.8 Å². The van der Waals surface area contributed by atoms with E-state index in [1.54, 1.807) is 41.1 Å². The summed E-state index contributed by atoms with van der Waals surface area (Å²) in [4.78, 5) is 42.9. The number of hydrogen-bond donors (Lipinski definition) is 2. The molecule has 1 saturated heterocycles. The van der Waals surface area contributed by atoms with E-state index in [1.807, 2.05) is 42.5 Å². The first-order chi connectivity index (χ1) is 20.1. The van der Waals surface area contributed by atoms with Gasteiger partial charge in [-0.1, -0.05) is 48.5 Å². The van der Waals surface area contributed by atoms with Crippen LogP contribution < -0.4 is 14.8 Å². The lowest BCUT2D eigenvalue weighted by Gasteiger charge is -2.29. The lowest BCUT2D eigenvalue weighted by Crippen LogP contribution is -2.51. The van der Waals surface area contributed by atoms with E-state index in [2.05, 4.69) is 10.0 Å². The predicted molar refractivity (Wildman–Crippen MR) is 160 cm³/mol. The Kier molecular flexibility index (Phi) is 8.79. The Morgan fingerprint density at radius 2 is 1.81 bits per heavy atom. The summed E-state index contributed by atoms with van der Waals surface area (Å²) >= 11 is 0. The van der Waals surface area contributed by atoms with E-state index in [9.17, 15) is 22.8 Å². The Labute approximate surface area is 246 Å². The van der Waals surface area contributed by atoms with Crippen LogP contribution in [-0.4, -0.2) is 87.1 Å². The summed E-state index contributed by atoms with van der Waals surface area (Å²) in [6, 6.07) is 19.1. The van der Waals surface area contributed by atoms with Crippen molar-refractivity contribution >= 4 is 38.5 Å². The summed E-state index contributed by atoms with van der Waals surface area (Å²) in [6.07, 6.45) is 2.30. The van der Waals surface area contributed by atoms with Crippen LogP contribution >= 0.6 is 0 Å². The highest BCUT2D eigenvalue weighted by atomic mass is 32.2. The topological polar surface area (TPSA) is 125 Å². The third kappa shape index (κ3) is 7.27. The van der Waals surface area contributed by atoms with Crippen LogP contribution in [0, 0.1) is 0 Å². The van der Waals surface area contributed by atoms with Crippen LogP contribution in [0.5, 0.6) is 5.75 Å². The molecule has 3 atom stereocenters. The molecule has 11 heteroatoms. The van der Waals surface area contributed by atoms with Gasteiger partial charge in [-0.25, -0.2) is 13.1 Å². The monoisotopic (exact) mass is 592 g/mol. The van der Waals surface area contributed by atoms with Crippen LogP contribution in [0.15, 0.2) is 66.7 Å². The zero-order valence-electron chi connectivity index (χ0n) is 23.8. The van der Waals surface area contributed by atoms with Gasteiger partial charge in [-0.05, 0) is 53.8 Å². The smallest absolute Gasteiger partial charge is 0.253 e. The molecule has 0 aromatic heterocycles. The Bertz CT molecular complexity index is 1590. The normalized spacial score (nSPS) is 21.9. The fourth-order valence-corrected chi connectivity index (χ4v) is 6.45. The lowest BCUT2D eigenvalue weighted by atomic mass is 10.0. The van der Waals surface area contributed by atoms with Gasteiger partial charge in [0, 0.05) is 31.7 Å². The quantitative estimate of drug-likeness (QED) is 0.469. The van der Waals surface area contributed by atoms with Crippen LogP contribution in [0.4, 0.5) is 0 Å². The van der Waals surface area contributed by atoms with Crippen molar-refractivity contribution in [1.82, 2.24) is 19.8 Å². The summed E-state index contributed by atoms with van der Waals surface area (Å²) in [7, 11) is -2.02. The molecule has 0 radical (unpaired) electrons. The molecule has 2 bridgehead atoms. The van der Waals surface area contributed by atoms with Gasteiger partial charge in [0.15, 0.2) is 0 Å². The third-order valence-corrected chi connectivity index (χ3v) is 8.46. The summed E-state index contributed by atoms with van der Waals surface area (Å²) in [5.41, 5.74) is 1.37. The molecule has 0 aliphatic carbocycles. The molecule has 2 aliphatic heterocycles. The van der Waals surface area contributed by atoms with E-state index in [0.29, 0.717) is 30.7 Å². The Morgan fingerprint density at radius 3 is 2.60 bits per heavy atom. The van der Waals surface area contributed by atoms with Crippen molar-refractivity contribution in [3.05, 3.63) is 77.9 Å². The standard InChI is InChI=1S/C31H36N4O6S/c1-34-14-6-11-28(33-42(2,39)40)31(38)35-19-25(18-26(35)20-41-27-10-5-9-24(17-27)30(34)37)32-29(36)16-21-12-13-22-7-3-4-8-23(22)15-21/h3-5,7-10,12-13,15,17,25-26,28,33H,6,11,14,16,18-20H2,1-2H3,(H,32,36)/t25-,26-,28-/m0/s1. The Balaban J connectivity index is 1.34. The van der Waals surface area contributed by atoms with Gasteiger partial charge in [-0.15, -0.1) is 0 Å². The summed E-state index contributed by atoms with van der Waals surface area (Å²) in [6.45, 7) is 0.703. The van der Waals surface area contributed by atoms with Gasteiger partial charge in [0.25, 0.3) is 5.91 Å². The van der Waals surface area contributed by atoms with Crippen molar-refractivity contribution in [3.63, 3.8) is 0 Å². The van der Waals surface area contributed by atoms with Gasteiger partial charge >= 0.3 is 0 Å². The second kappa shape index (κ2) is 12.5. The first kappa shape index (κ1) is 29.5. The number of fused-ring (bicyclic) bond motifs is 4. The molecule has 3 amide bonds. The van der Waals surface area contributed by atoms with Crippen molar-refractivity contribution in [2.45, 2.75) is 43.8 Å². The molecule has 3 aromatic carbocycles. The van der Waals surface area contributed by atoms with Gasteiger partial charge < -0.3 is 19.9 Å². The summed E-state index contributed by atoms with van der Waals surface area (Å²) < 4.78 is 32.9. The Morgan fingerprint density at radius 1 is 1.02 bits per heavy atom. The highest BCUT2D eigenvalue weighted by molar-refractivity contribution is 7.88. The van der Waals surface area contributed by atoms with Crippen molar-refractivity contribution in [1.29, 1.82) is 0 Å². The van der Waals surface area contributed by atoms with Crippen molar-refractivity contribution in [2.75, 3.05) is 33.0 Å². The third-order valence-electron chi connectivity index (χ3n) is 7.75. The highest BCUT2D eigenvalue weighted by Gasteiger charge is 2.39. The molecule has 42 heavy (non-hydrogen) atoms. The predicted octanol–water partition coefficient (Wildman–Crippen LogP) is 2.33. The maximum Gasteiger partial charge on any atom is 0.253 e. The van der Waals surface area contributed by atoms with Crippen LogP contribution in [0.1, 0.15) is 35.2 Å². The molecule has 3 aromatic rings. The van der Waals surface area contributed by atoms with Crippen LogP contribution in [0.2, 0.25) is 0 Å². The van der Waals surface area contributed by atoms with Gasteiger partial charge in [-0.3, -0.25) is 14.4 Å². The SMILES string of the molecule is CN1CCC[C@H](NS(C)(=O)=O)C(=O)N2C[C@@H](NC(=O)Cc3ccc4ccccc4c3)C[C@H]2COc2cccc(c2)C1=O. The second-order valence-corrected chi connectivity index (χ2v) is 12.9. The summed E-state index contributed by atoms with van der Waals surface area (Å²) in [5.74, 6) is -0.225. The zero-order chi connectivity index (χ0) is 29.9. The molecule has 0 spiro atoms. The number of benzene rings is 3. The fraction of sp³-hybridized carbons (Fsp3) is 0.387. The molecule has 1 fully saturated rings. The van der Waals surface area contributed by atoms with Gasteiger partial charge in [-0.2, -0.15) is 0 Å².